The largest absolute Gasteiger partial charge is 0.430 e. The monoisotopic (exact) mass is 551 g/mol. The fourth-order valence-electron chi connectivity index (χ4n) is 5.59. The van der Waals surface area contributed by atoms with Crippen molar-refractivity contribution in [1.82, 2.24) is 9.80 Å². The van der Waals surface area contributed by atoms with Crippen LogP contribution in [0, 0.1) is 11.3 Å². The number of carbonyl (C=O) groups excluding carboxylic acids is 2. The Bertz CT molecular complexity index is 1180. The second-order valence-corrected chi connectivity index (χ2v) is 11.1. The number of amides is 2. The minimum absolute atomic E-state index is 0.130. The van der Waals surface area contributed by atoms with Gasteiger partial charge in [0, 0.05) is 52.0 Å². The van der Waals surface area contributed by atoms with Gasteiger partial charge in [-0.15, -0.1) is 0 Å². The average molecular weight is 552 g/mol. The number of likely N-dealkylation sites (N-methyl/N-ethyl adjacent to an activating group) is 1. The molecule has 1 unspecified atom stereocenters. The zero-order valence-corrected chi connectivity index (χ0v) is 22.5. The molecule has 4 rings (SSSR count). The number of halogens is 4. The van der Waals surface area contributed by atoms with Crippen molar-refractivity contribution in [2.24, 2.45) is 11.3 Å². The van der Waals surface area contributed by atoms with Gasteiger partial charge >= 0.3 is 6.18 Å². The van der Waals surface area contributed by atoms with E-state index in [9.17, 15) is 27.9 Å². The SMILES string of the molecule is CN(C)C(=O)c1ccc(N2CCC3(CC2)CC3CCN(C)C(=O)[C@](O)(c2ccccc2)C(F)(F)F)cc1Cl. The summed E-state index contributed by atoms with van der Waals surface area (Å²) in [6, 6.07) is 12.0. The molecule has 1 heterocycles. The van der Waals surface area contributed by atoms with Crippen LogP contribution in [0.15, 0.2) is 48.5 Å². The number of hydrogen-bond acceptors (Lipinski definition) is 4. The maximum atomic E-state index is 13.9. The van der Waals surface area contributed by atoms with Gasteiger partial charge in [-0.1, -0.05) is 41.9 Å². The Morgan fingerprint density at radius 2 is 1.71 bits per heavy atom. The lowest BCUT2D eigenvalue weighted by Crippen LogP contribution is -2.55. The zero-order chi connectivity index (χ0) is 27.9. The van der Waals surface area contributed by atoms with Crippen LogP contribution in [0.4, 0.5) is 18.9 Å². The van der Waals surface area contributed by atoms with Gasteiger partial charge in [0.2, 0.25) is 0 Å². The predicted octanol–water partition coefficient (Wildman–Crippen LogP) is 4.95. The van der Waals surface area contributed by atoms with Crippen LogP contribution in [-0.4, -0.2) is 73.7 Å². The molecule has 1 aliphatic heterocycles. The van der Waals surface area contributed by atoms with Crippen LogP contribution in [0.2, 0.25) is 5.02 Å². The fraction of sp³-hybridized carbons (Fsp3) is 0.500. The van der Waals surface area contributed by atoms with Crippen molar-refractivity contribution in [3.05, 3.63) is 64.7 Å². The van der Waals surface area contributed by atoms with Gasteiger partial charge in [-0.25, -0.2) is 0 Å². The average Bonchev–Trinajstić information content (AvgIpc) is 3.57. The van der Waals surface area contributed by atoms with Crippen LogP contribution < -0.4 is 4.90 Å². The molecule has 2 amide bonds. The molecule has 6 nitrogen and oxygen atoms in total. The summed E-state index contributed by atoms with van der Waals surface area (Å²) in [7, 11) is 4.67. The first kappa shape index (κ1) is 28.2. The topological polar surface area (TPSA) is 64.1 Å². The van der Waals surface area contributed by atoms with E-state index in [1.807, 2.05) is 12.1 Å². The highest BCUT2D eigenvalue weighted by Crippen LogP contribution is 2.61. The molecule has 0 aromatic heterocycles. The summed E-state index contributed by atoms with van der Waals surface area (Å²) in [5.74, 6) is -1.20. The van der Waals surface area contributed by atoms with E-state index in [1.165, 1.54) is 30.1 Å². The number of aliphatic hydroxyl groups is 1. The van der Waals surface area contributed by atoms with E-state index in [0.29, 0.717) is 22.9 Å². The third kappa shape index (κ3) is 5.23. The summed E-state index contributed by atoms with van der Waals surface area (Å²) < 4.78 is 41.6. The summed E-state index contributed by atoms with van der Waals surface area (Å²) >= 11 is 6.38. The summed E-state index contributed by atoms with van der Waals surface area (Å²) in [6.45, 7) is 1.76. The van der Waals surface area contributed by atoms with Gasteiger partial charge in [0.1, 0.15) is 0 Å². The van der Waals surface area contributed by atoms with Gasteiger partial charge < -0.3 is 19.8 Å². The minimum atomic E-state index is -5.14. The third-order valence-electron chi connectivity index (χ3n) is 8.14. The molecule has 0 bridgehead atoms. The summed E-state index contributed by atoms with van der Waals surface area (Å²) in [6.07, 6.45) is -1.72. The Morgan fingerprint density at radius 1 is 1.08 bits per heavy atom. The molecular formula is C28H33ClF3N3O3. The van der Waals surface area contributed by atoms with Crippen LogP contribution in [0.1, 0.15) is 41.6 Å². The molecule has 0 radical (unpaired) electrons. The number of alkyl halides is 3. The first-order valence-electron chi connectivity index (χ1n) is 12.7. The van der Waals surface area contributed by atoms with Crippen molar-refractivity contribution < 1.29 is 27.9 Å². The fourth-order valence-corrected chi connectivity index (χ4v) is 5.85. The van der Waals surface area contributed by atoms with Crippen molar-refractivity contribution >= 4 is 29.1 Å². The molecule has 2 aliphatic rings. The van der Waals surface area contributed by atoms with Gasteiger partial charge in [0.25, 0.3) is 17.4 Å². The molecule has 1 aliphatic carbocycles. The quantitative estimate of drug-likeness (QED) is 0.529. The van der Waals surface area contributed by atoms with Crippen molar-refractivity contribution in [3.8, 4) is 0 Å². The summed E-state index contributed by atoms with van der Waals surface area (Å²) in [4.78, 5) is 29.8. The van der Waals surface area contributed by atoms with Crippen LogP contribution in [0.3, 0.4) is 0 Å². The van der Waals surface area contributed by atoms with Crippen molar-refractivity contribution in [2.75, 3.05) is 45.7 Å². The molecule has 38 heavy (non-hydrogen) atoms. The van der Waals surface area contributed by atoms with E-state index in [4.69, 9.17) is 11.6 Å². The van der Waals surface area contributed by atoms with Crippen LogP contribution in [0.5, 0.6) is 0 Å². The number of piperidine rings is 1. The Morgan fingerprint density at radius 3 is 2.26 bits per heavy atom. The summed E-state index contributed by atoms with van der Waals surface area (Å²) in [5.41, 5.74) is -2.53. The van der Waals surface area contributed by atoms with Crippen LogP contribution in [0.25, 0.3) is 0 Å². The third-order valence-corrected chi connectivity index (χ3v) is 8.46. The Labute approximate surface area is 226 Å². The first-order chi connectivity index (χ1) is 17.8. The van der Waals surface area contributed by atoms with Gasteiger partial charge in [-0.05, 0) is 55.2 Å². The molecule has 1 saturated heterocycles. The molecule has 10 heteroatoms. The number of rotatable bonds is 7. The van der Waals surface area contributed by atoms with E-state index in [0.717, 1.165) is 55.1 Å². The number of hydrogen-bond donors (Lipinski definition) is 1. The molecule has 1 saturated carbocycles. The van der Waals surface area contributed by atoms with Crippen molar-refractivity contribution in [2.45, 2.75) is 37.5 Å². The summed E-state index contributed by atoms with van der Waals surface area (Å²) in [5, 5.41) is 11.0. The second-order valence-electron chi connectivity index (χ2n) is 10.7. The van der Waals surface area contributed by atoms with Gasteiger partial charge in [0.15, 0.2) is 0 Å². The lowest BCUT2D eigenvalue weighted by atomic mass is 9.89. The van der Waals surface area contributed by atoms with E-state index < -0.39 is 23.2 Å². The normalized spacial score (nSPS) is 20.1. The lowest BCUT2D eigenvalue weighted by Gasteiger charge is -2.35. The molecule has 2 aromatic rings. The molecule has 2 atom stereocenters. The standard InChI is InChI=1S/C28H33ClF3N3O3/c1-33(2)24(36)22-10-9-21(17-23(22)29)35-15-12-26(13-16-35)18-20(26)11-14-34(3)25(37)27(38,28(30,31)32)19-7-5-4-6-8-19/h4-10,17,20,38H,11-16,18H2,1-3H3/t20?,27-/m1/s1. The smallest absolute Gasteiger partial charge is 0.371 e. The second kappa shape index (κ2) is 10.4. The number of nitrogens with zero attached hydrogens (tertiary/aromatic N) is 3. The van der Waals surface area contributed by atoms with Crippen LogP contribution in [-0.2, 0) is 10.4 Å². The molecular weight excluding hydrogens is 519 g/mol. The number of benzene rings is 2. The zero-order valence-electron chi connectivity index (χ0n) is 21.8. The van der Waals surface area contributed by atoms with E-state index in [2.05, 4.69) is 4.90 Å². The molecule has 206 valence electrons. The van der Waals surface area contributed by atoms with E-state index in [-0.39, 0.29) is 17.9 Å². The first-order valence-corrected chi connectivity index (χ1v) is 13.0. The maximum Gasteiger partial charge on any atom is 0.430 e. The highest BCUT2D eigenvalue weighted by Gasteiger charge is 2.62. The van der Waals surface area contributed by atoms with Gasteiger partial charge in [-0.3, -0.25) is 9.59 Å². The van der Waals surface area contributed by atoms with Crippen molar-refractivity contribution in [3.63, 3.8) is 0 Å². The van der Waals surface area contributed by atoms with E-state index in [1.54, 1.807) is 20.2 Å². The lowest BCUT2D eigenvalue weighted by molar-refractivity contribution is -0.261. The minimum Gasteiger partial charge on any atom is -0.371 e. The Balaban J connectivity index is 1.33. The van der Waals surface area contributed by atoms with E-state index >= 15 is 0 Å². The van der Waals surface area contributed by atoms with Crippen molar-refractivity contribution in [1.29, 1.82) is 0 Å². The van der Waals surface area contributed by atoms with Crippen LogP contribution >= 0.6 is 11.6 Å². The Hall–Kier alpha value is -2.78. The van der Waals surface area contributed by atoms with Gasteiger partial charge in [-0.2, -0.15) is 13.2 Å². The van der Waals surface area contributed by atoms with Gasteiger partial charge in [0.05, 0.1) is 10.6 Å². The highest BCUT2D eigenvalue weighted by atomic mass is 35.5. The predicted molar refractivity (Wildman–Crippen MR) is 140 cm³/mol. The maximum absolute atomic E-state index is 13.9. The molecule has 1 spiro atoms. The number of carbonyl (C=O) groups is 2. The molecule has 2 aromatic carbocycles. The Kier molecular flexibility index (Phi) is 7.74. The molecule has 2 fully saturated rings. The number of anilines is 1. The molecule has 1 N–H and O–H groups in total. The highest BCUT2D eigenvalue weighted by molar-refractivity contribution is 6.34.